The highest BCUT2D eigenvalue weighted by Gasteiger charge is 2.28. The maximum Gasteiger partial charge on any atom is 0.269 e. The van der Waals surface area contributed by atoms with Crippen LogP contribution in [-0.4, -0.2) is 42.6 Å². The molecule has 1 fully saturated rings. The minimum atomic E-state index is -2.90. The van der Waals surface area contributed by atoms with Crippen LogP contribution in [0.5, 0.6) is 0 Å². The molecule has 2 rings (SSSR count). The molecule has 1 aromatic rings. The Labute approximate surface area is 98.7 Å². The summed E-state index contributed by atoms with van der Waals surface area (Å²) in [6.07, 6.45) is 0.605. The number of nitrogens with zero attached hydrogens (tertiary/aromatic N) is 1. The van der Waals surface area contributed by atoms with Gasteiger partial charge >= 0.3 is 0 Å². The third-order valence-electron chi connectivity index (χ3n) is 2.72. The maximum atomic E-state index is 11.6. The van der Waals surface area contributed by atoms with E-state index in [2.05, 4.69) is 15.5 Å². The number of rotatable bonds is 3. The number of carbonyl (C=O) groups is 1. The van der Waals surface area contributed by atoms with Gasteiger partial charge in [0.1, 0.15) is 11.5 Å². The molecule has 17 heavy (non-hydrogen) atoms. The zero-order valence-electron chi connectivity index (χ0n) is 9.14. The molecule has 1 aliphatic rings. The lowest BCUT2D eigenvalue weighted by molar-refractivity contribution is 0.0943. The Morgan fingerprint density at radius 1 is 1.65 bits per heavy atom. The molecule has 0 aliphatic carbocycles. The van der Waals surface area contributed by atoms with E-state index in [1.165, 1.54) is 6.07 Å². The Kier molecular flexibility index (Phi) is 3.05. The Hall–Kier alpha value is -1.57. The molecule has 1 amide bonds. The van der Waals surface area contributed by atoms with Gasteiger partial charge in [-0.25, -0.2) is 8.42 Å². The molecule has 94 valence electrons. The normalized spacial score (nSPS) is 22.5. The van der Waals surface area contributed by atoms with Crippen LogP contribution in [0.1, 0.15) is 16.9 Å². The van der Waals surface area contributed by atoms with E-state index in [0.29, 0.717) is 13.0 Å². The second-order valence-corrected chi connectivity index (χ2v) is 6.41. The molecule has 1 aliphatic heterocycles. The van der Waals surface area contributed by atoms with Crippen molar-refractivity contribution >= 4 is 21.6 Å². The Morgan fingerprint density at radius 3 is 2.94 bits per heavy atom. The van der Waals surface area contributed by atoms with Gasteiger partial charge in [0.05, 0.1) is 11.5 Å². The van der Waals surface area contributed by atoms with Gasteiger partial charge in [-0.3, -0.25) is 9.89 Å². The average Bonchev–Trinajstić information content (AvgIpc) is 2.81. The molecule has 1 saturated heterocycles. The average molecular weight is 258 g/mol. The summed E-state index contributed by atoms with van der Waals surface area (Å²) in [6.45, 7) is 0.358. The van der Waals surface area contributed by atoms with Crippen LogP contribution >= 0.6 is 0 Å². The van der Waals surface area contributed by atoms with Crippen LogP contribution in [0.2, 0.25) is 0 Å². The predicted octanol–water partition coefficient (Wildman–Crippen LogP) is -0.844. The first-order valence-corrected chi connectivity index (χ1v) is 7.08. The number of nitrogen functional groups attached to an aromatic ring is 1. The van der Waals surface area contributed by atoms with E-state index >= 15 is 0 Å². The lowest BCUT2D eigenvalue weighted by Gasteiger charge is -2.08. The summed E-state index contributed by atoms with van der Waals surface area (Å²) in [5, 5.41) is 8.79. The molecule has 0 spiro atoms. The number of nitrogens with one attached hydrogen (secondary N) is 2. The summed E-state index contributed by atoms with van der Waals surface area (Å²) in [6, 6.07) is 1.43. The van der Waals surface area contributed by atoms with Gasteiger partial charge in [-0.05, 0) is 12.3 Å². The van der Waals surface area contributed by atoms with Gasteiger partial charge in [0.25, 0.3) is 5.91 Å². The molecule has 1 aromatic heterocycles. The fraction of sp³-hybridized carbons (Fsp3) is 0.556. The monoisotopic (exact) mass is 258 g/mol. The van der Waals surface area contributed by atoms with Crippen molar-refractivity contribution in [3.8, 4) is 0 Å². The largest absolute Gasteiger partial charge is 0.382 e. The summed E-state index contributed by atoms with van der Waals surface area (Å²) < 4.78 is 22.4. The van der Waals surface area contributed by atoms with Crippen LogP contribution in [-0.2, 0) is 9.84 Å². The zero-order valence-corrected chi connectivity index (χ0v) is 9.96. The van der Waals surface area contributed by atoms with Crippen LogP contribution in [0.4, 0.5) is 5.82 Å². The molecule has 0 bridgehead atoms. The van der Waals surface area contributed by atoms with Crippen molar-refractivity contribution in [2.75, 3.05) is 23.8 Å². The van der Waals surface area contributed by atoms with E-state index in [-0.39, 0.29) is 34.8 Å². The number of aromatic amines is 1. The number of H-pyrrole nitrogens is 1. The van der Waals surface area contributed by atoms with E-state index in [0.717, 1.165) is 0 Å². The molecule has 8 heteroatoms. The van der Waals surface area contributed by atoms with E-state index < -0.39 is 9.84 Å². The standard InChI is InChI=1S/C9H14N4O3S/c10-8-3-7(12-13-8)9(14)11-4-6-1-2-17(15,16)5-6/h3,6H,1-2,4-5H2,(H,11,14)(H3,10,12,13). The smallest absolute Gasteiger partial charge is 0.269 e. The van der Waals surface area contributed by atoms with E-state index in [1.807, 2.05) is 0 Å². The van der Waals surface area contributed by atoms with Crippen molar-refractivity contribution < 1.29 is 13.2 Å². The van der Waals surface area contributed by atoms with Crippen LogP contribution in [0.25, 0.3) is 0 Å². The molecule has 1 unspecified atom stereocenters. The summed E-state index contributed by atoms with van der Waals surface area (Å²) in [5.74, 6) is 0.296. The summed E-state index contributed by atoms with van der Waals surface area (Å²) in [7, 11) is -2.90. The SMILES string of the molecule is Nc1cc(C(=O)NCC2CCS(=O)(=O)C2)[nH]n1. The predicted molar refractivity (Wildman–Crippen MR) is 62.1 cm³/mol. The number of sulfone groups is 1. The number of carbonyl (C=O) groups excluding carboxylic acids is 1. The van der Waals surface area contributed by atoms with Gasteiger partial charge in [0.15, 0.2) is 9.84 Å². The van der Waals surface area contributed by atoms with Crippen molar-refractivity contribution in [3.63, 3.8) is 0 Å². The second-order valence-electron chi connectivity index (χ2n) is 4.19. The second kappa shape index (κ2) is 4.36. The minimum Gasteiger partial charge on any atom is -0.382 e. The maximum absolute atomic E-state index is 11.6. The molecule has 2 heterocycles. The lowest BCUT2D eigenvalue weighted by atomic mass is 10.1. The van der Waals surface area contributed by atoms with Crippen molar-refractivity contribution in [2.24, 2.45) is 5.92 Å². The molecule has 4 N–H and O–H groups in total. The molecular formula is C9H14N4O3S. The van der Waals surface area contributed by atoms with Crippen LogP contribution in [0, 0.1) is 5.92 Å². The number of anilines is 1. The van der Waals surface area contributed by atoms with E-state index in [1.54, 1.807) is 0 Å². The third-order valence-corrected chi connectivity index (χ3v) is 4.56. The number of hydrogen-bond acceptors (Lipinski definition) is 5. The van der Waals surface area contributed by atoms with E-state index in [4.69, 9.17) is 5.73 Å². The topological polar surface area (TPSA) is 118 Å². The van der Waals surface area contributed by atoms with Crippen LogP contribution < -0.4 is 11.1 Å². The lowest BCUT2D eigenvalue weighted by Crippen LogP contribution is -2.30. The number of amides is 1. The molecule has 0 aromatic carbocycles. The van der Waals surface area contributed by atoms with Crippen molar-refractivity contribution in [1.82, 2.24) is 15.5 Å². The van der Waals surface area contributed by atoms with Crippen molar-refractivity contribution in [1.29, 1.82) is 0 Å². The molecule has 0 radical (unpaired) electrons. The van der Waals surface area contributed by atoms with Gasteiger partial charge in [-0.2, -0.15) is 5.10 Å². The first kappa shape index (κ1) is 11.9. The third kappa shape index (κ3) is 2.96. The van der Waals surface area contributed by atoms with Gasteiger partial charge in [-0.15, -0.1) is 0 Å². The Balaban J connectivity index is 1.85. The minimum absolute atomic E-state index is 0.00391. The molecular weight excluding hydrogens is 244 g/mol. The first-order chi connectivity index (χ1) is 7.96. The molecule has 7 nitrogen and oxygen atoms in total. The quantitative estimate of drug-likeness (QED) is 0.653. The zero-order chi connectivity index (χ0) is 12.5. The van der Waals surface area contributed by atoms with Crippen LogP contribution in [0.3, 0.4) is 0 Å². The number of hydrogen-bond donors (Lipinski definition) is 3. The van der Waals surface area contributed by atoms with Gasteiger partial charge < -0.3 is 11.1 Å². The van der Waals surface area contributed by atoms with Crippen molar-refractivity contribution in [2.45, 2.75) is 6.42 Å². The summed E-state index contributed by atoms with van der Waals surface area (Å²) in [5.41, 5.74) is 5.65. The van der Waals surface area contributed by atoms with Crippen molar-refractivity contribution in [3.05, 3.63) is 11.8 Å². The fourth-order valence-electron chi connectivity index (χ4n) is 1.82. The van der Waals surface area contributed by atoms with E-state index in [9.17, 15) is 13.2 Å². The van der Waals surface area contributed by atoms with Gasteiger partial charge in [-0.1, -0.05) is 0 Å². The number of aromatic nitrogens is 2. The number of nitrogens with two attached hydrogens (primary N) is 1. The molecule has 0 saturated carbocycles. The first-order valence-electron chi connectivity index (χ1n) is 5.26. The highest BCUT2D eigenvalue weighted by atomic mass is 32.2. The van der Waals surface area contributed by atoms with Gasteiger partial charge in [0.2, 0.25) is 0 Å². The fourth-order valence-corrected chi connectivity index (χ4v) is 3.68. The van der Waals surface area contributed by atoms with Crippen LogP contribution in [0.15, 0.2) is 6.07 Å². The van der Waals surface area contributed by atoms with Gasteiger partial charge in [0, 0.05) is 12.6 Å². The summed E-state index contributed by atoms with van der Waals surface area (Å²) in [4.78, 5) is 11.6. The molecule has 1 atom stereocenters. The Bertz CT molecular complexity index is 522. The highest BCUT2D eigenvalue weighted by molar-refractivity contribution is 7.91. The Morgan fingerprint density at radius 2 is 2.41 bits per heavy atom. The highest BCUT2D eigenvalue weighted by Crippen LogP contribution is 2.17. The summed E-state index contributed by atoms with van der Waals surface area (Å²) >= 11 is 0.